The lowest BCUT2D eigenvalue weighted by molar-refractivity contribution is 0.0963. The lowest BCUT2D eigenvalue weighted by Crippen LogP contribution is -2.51. The number of nitrogens with one attached hydrogen (secondary N) is 2. The Hall–Kier alpha value is -1.50. The van der Waals surface area contributed by atoms with E-state index in [1.165, 1.54) is 0 Å². The summed E-state index contributed by atoms with van der Waals surface area (Å²) in [6, 6.07) is 1.40. The molecule has 1 heterocycles. The van der Waals surface area contributed by atoms with Gasteiger partial charge in [0.15, 0.2) is 5.96 Å². The fourth-order valence-corrected chi connectivity index (χ4v) is 3.23. The van der Waals surface area contributed by atoms with Crippen molar-refractivity contribution in [3.05, 3.63) is 0 Å². The molecule has 0 aromatic rings. The molecule has 2 N–H and O–H groups in total. The normalized spacial score (nSPS) is 16.7. The second-order valence-electron chi connectivity index (χ2n) is 7.03. The van der Waals surface area contributed by atoms with Crippen molar-refractivity contribution in [1.29, 1.82) is 0 Å². The molecule has 0 saturated carbocycles. The Kier molecular flexibility index (Phi) is 9.63. The van der Waals surface area contributed by atoms with Crippen molar-refractivity contribution in [2.75, 3.05) is 39.8 Å². The first-order valence-electron chi connectivity index (χ1n) is 9.53. The molecule has 1 aliphatic heterocycles. The summed E-state index contributed by atoms with van der Waals surface area (Å²) in [6.45, 7) is 14.5. The Labute approximate surface area is 153 Å². The van der Waals surface area contributed by atoms with Crippen LogP contribution >= 0.6 is 0 Å². The van der Waals surface area contributed by atoms with E-state index in [0.717, 1.165) is 45.0 Å². The van der Waals surface area contributed by atoms with E-state index in [4.69, 9.17) is 4.74 Å². The fourth-order valence-electron chi connectivity index (χ4n) is 3.23. The SMILES string of the molecule is CCOC(=O)N1CCC(NC(=NC)NCCN(C(C)C)C(C)C)CC1. The van der Waals surface area contributed by atoms with Crippen LogP contribution in [0.1, 0.15) is 47.5 Å². The Morgan fingerprint density at radius 2 is 1.84 bits per heavy atom. The Morgan fingerprint density at radius 1 is 1.24 bits per heavy atom. The summed E-state index contributed by atoms with van der Waals surface area (Å²) < 4.78 is 5.06. The van der Waals surface area contributed by atoms with E-state index in [9.17, 15) is 4.79 Å². The van der Waals surface area contributed by atoms with Gasteiger partial charge in [0.2, 0.25) is 0 Å². The zero-order valence-electron chi connectivity index (χ0n) is 16.8. The van der Waals surface area contributed by atoms with E-state index < -0.39 is 0 Å². The highest BCUT2D eigenvalue weighted by Gasteiger charge is 2.24. The highest BCUT2D eigenvalue weighted by molar-refractivity contribution is 5.80. The molecule has 0 unspecified atom stereocenters. The third-order valence-corrected chi connectivity index (χ3v) is 4.57. The van der Waals surface area contributed by atoms with Gasteiger partial charge in [0.25, 0.3) is 0 Å². The Morgan fingerprint density at radius 3 is 2.32 bits per heavy atom. The molecular formula is C18H37N5O2. The minimum Gasteiger partial charge on any atom is -0.450 e. The molecule has 0 atom stereocenters. The third-order valence-electron chi connectivity index (χ3n) is 4.57. The van der Waals surface area contributed by atoms with E-state index in [2.05, 4.69) is 48.2 Å². The van der Waals surface area contributed by atoms with Gasteiger partial charge in [-0.1, -0.05) is 0 Å². The standard InChI is InChI=1S/C18H37N5O2/c1-7-25-18(24)22-11-8-16(9-12-22)21-17(19-6)20-10-13-23(14(2)3)15(4)5/h14-16H,7-13H2,1-6H3,(H2,19,20,21). The van der Waals surface area contributed by atoms with Crippen molar-refractivity contribution < 1.29 is 9.53 Å². The van der Waals surface area contributed by atoms with Crippen molar-refractivity contribution in [2.45, 2.75) is 65.6 Å². The zero-order valence-corrected chi connectivity index (χ0v) is 16.8. The number of nitrogens with zero attached hydrogens (tertiary/aromatic N) is 3. The summed E-state index contributed by atoms with van der Waals surface area (Å²) in [4.78, 5) is 20.3. The molecule has 25 heavy (non-hydrogen) atoms. The Balaban J connectivity index is 2.34. The fraction of sp³-hybridized carbons (Fsp3) is 0.889. The summed E-state index contributed by atoms with van der Waals surface area (Å²) in [6.07, 6.45) is 1.61. The first-order valence-corrected chi connectivity index (χ1v) is 9.53. The minimum absolute atomic E-state index is 0.203. The lowest BCUT2D eigenvalue weighted by Gasteiger charge is -2.33. The number of hydrogen-bond donors (Lipinski definition) is 2. The number of carbonyl (C=O) groups is 1. The van der Waals surface area contributed by atoms with E-state index in [1.807, 2.05) is 6.92 Å². The first kappa shape index (κ1) is 21.5. The quantitative estimate of drug-likeness (QED) is 0.539. The summed E-state index contributed by atoms with van der Waals surface area (Å²) >= 11 is 0. The van der Waals surface area contributed by atoms with Crippen LogP contribution in [-0.2, 0) is 4.74 Å². The van der Waals surface area contributed by atoms with Gasteiger partial charge in [-0.3, -0.25) is 9.89 Å². The molecular weight excluding hydrogens is 318 g/mol. The maximum Gasteiger partial charge on any atom is 0.409 e. The molecule has 1 fully saturated rings. The number of guanidine groups is 1. The van der Waals surface area contributed by atoms with Gasteiger partial charge in [0.05, 0.1) is 6.61 Å². The number of carbonyl (C=O) groups excluding carboxylic acids is 1. The molecule has 0 spiro atoms. The molecule has 0 aromatic carbocycles. The predicted octanol–water partition coefficient (Wildman–Crippen LogP) is 1.89. The van der Waals surface area contributed by atoms with Crippen LogP contribution in [0.2, 0.25) is 0 Å². The van der Waals surface area contributed by atoms with Crippen LogP contribution in [0.15, 0.2) is 4.99 Å². The molecule has 146 valence electrons. The highest BCUT2D eigenvalue weighted by atomic mass is 16.6. The van der Waals surface area contributed by atoms with Crippen molar-refractivity contribution in [3.63, 3.8) is 0 Å². The van der Waals surface area contributed by atoms with Gasteiger partial charge >= 0.3 is 6.09 Å². The summed E-state index contributed by atoms with van der Waals surface area (Å²) in [5, 5.41) is 6.87. The Bertz CT molecular complexity index is 410. The number of ether oxygens (including phenoxy) is 1. The second-order valence-corrected chi connectivity index (χ2v) is 7.03. The molecule has 7 nitrogen and oxygen atoms in total. The lowest BCUT2D eigenvalue weighted by atomic mass is 10.1. The predicted molar refractivity (Wildman–Crippen MR) is 103 cm³/mol. The van der Waals surface area contributed by atoms with E-state index in [1.54, 1.807) is 11.9 Å². The molecule has 0 aliphatic carbocycles. The van der Waals surface area contributed by atoms with Gasteiger partial charge in [0.1, 0.15) is 0 Å². The summed E-state index contributed by atoms with van der Waals surface area (Å²) in [7, 11) is 1.80. The van der Waals surface area contributed by atoms with Crippen molar-refractivity contribution in [3.8, 4) is 0 Å². The van der Waals surface area contributed by atoms with Gasteiger partial charge in [0, 0.05) is 51.4 Å². The maximum absolute atomic E-state index is 11.7. The van der Waals surface area contributed by atoms with Gasteiger partial charge in [-0.25, -0.2) is 4.79 Å². The molecule has 0 radical (unpaired) electrons. The van der Waals surface area contributed by atoms with Crippen LogP contribution in [0.3, 0.4) is 0 Å². The molecule has 1 aliphatic rings. The van der Waals surface area contributed by atoms with E-state index >= 15 is 0 Å². The van der Waals surface area contributed by atoms with Crippen LogP contribution in [-0.4, -0.2) is 79.8 Å². The third kappa shape index (κ3) is 7.50. The molecule has 0 bridgehead atoms. The van der Waals surface area contributed by atoms with Gasteiger partial charge in [-0.05, 0) is 47.5 Å². The van der Waals surface area contributed by atoms with Gasteiger partial charge in [-0.2, -0.15) is 0 Å². The highest BCUT2D eigenvalue weighted by Crippen LogP contribution is 2.11. The number of piperidine rings is 1. The zero-order chi connectivity index (χ0) is 18.8. The van der Waals surface area contributed by atoms with Crippen LogP contribution < -0.4 is 10.6 Å². The summed E-state index contributed by atoms with van der Waals surface area (Å²) in [5.41, 5.74) is 0. The molecule has 1 amide bonds. The monoisotopic (exact) mass is 355 g/mol. The first-order chi connectivity index (χ1) is 11.9. The summed E-state index contributed by atoms with van der Waals surface area (Å²) in [5.74, 6) is 0.835. The number of likely N-dealkylation sites (tertiary alicyclic amines) is 1. The largest absolute Gasteiger partial charge is 0.450 e. The van der Waals surface area contributed by atoms with E-state index in [0.29, 0.717) is 24.7 Å². The molecule has 0 aromatic heterocycles. The van der Waals surface area contributed by atoms with Crippen LogP contribution in [0.4, 0.5) is 4.79 Å². The molecule has 1 saturated heterocycles. The molecule has 7 heteroatoms. The second kappa shape index (κ2) is 11.2. The molecule has 1 rings (SSSR count). The minimum atomic E-state index is -0.203. The number of hydrogen-bond acceptors (Lipinski definition) is 4. The average Bonchev–Trinajstić information content (AvgIpc) is 2.57. The van der Waals surface area contributed by atoms with E-state index in [-0.39, 0.29) is 6.09 Å². The van der Waals surface area contributed by atoms with Gasteiger partial charge < -0.3 is 20.3 Å². The maximum atomic E-state index is 11.7. The number of rotatable bonds is 7. The number of amides is 1. The van der Waals surface area contributed by atoms with Crippen LogP contribution in [0.25, 0.3) is 0 Å². The van der Waals surface area contributed by atoms with Crippen molar-refractivity contribution >= 4 is 12.1 Å². The number of aliphatic imine (C=N–C) groups is 1. The van der Waals surface area contributed by atoms with Gasteiger partial charge in [-0.15, -0.1) is 0 Å². The topological polar surface area (TPSA) is 69.2 Å². The van der Waals surface area contributed by atoms with Crippen LogP contribution in [0, 0.1) is 0 Å². The average molecular weight is 356 g/mol. The van der Waals surface area contributed by atoms with Crippen molar-refractivity contribution in [2.24, 2.45) is 4.99 Å². The van der Waals surface area contributed by atoms with Crippen LogP contribution in [0.5, 0.6) is 0 Å². The van der Waals surface area contributed by atoms with Crippen molar-refractivity contribution in [1.82, 2.24) is 20.4 Å². The smallest absolute Gasteiger partial charge is 0.409 e.